The lowest BCUT2D eigenvalue weighted by Crippen LogP contribution is -2.10. The van der Waals surface area contributed by atoms with Crippen molar-refractivity contribution in [3.63, 3.8) is 0 Å². The molecule has 0 bridgehead atoms. The molecular formula is C10H16N2O. The summed E-state index contributed by atoms with van der Waals surface area (Å²) in [6, 6.07) is 0.626. The summed E-state index contributed by atoms with van der Waals surface area (Å²) in [4.78, 5) is 4.12. The summed E-state index contributed by atoms with van der Waals surface area (Å²) in [6.07, 6.45) is 10.4. The van der Waals surface area contributed by atoms with E-state index in [0.29, 0.717) is 6.04 Å². The van der Waals surface area contributed by atoms with Crippen LogP contribution in [-0.2, 0) is 6.61 Å². The third kappa shape index (κ3) is 1.91. The molecule has 0 aromatic carbocycles. The molecule has 0 unspecified atom stereocenters. The van der Waals surface area contributed by atoms with Gasteiger partial charge >= 0.3 is 0 Å². The Labute approximate surface area is 78.4 Å². The lowest BCUT2D eigenvalue weighted by atomic mass is 9.95. The van der Waals surface area contributed by atoms with Gasteiger partial charge in [0.15, 0.2) is 0 Å². The summed E-state index contributed by atoms with van der Waals surface area (Å²) in [6.45, 7) is 0.0553. The molecule has 1 saturated carbocycles. The van der Waals surface area contributed by atoms with Crippen LogP contribution in [0.1, 0.15) is 43.8 Å². The predicted octanol–water partition coefficient (Wildman–Crippen LogP) is 1.88. The second-order valence-corrected chi connectivity index (χ2v) is 3.76. The van der Waals surface area contributed by atoms with Gasteiger partial charge in [0, 0.05) is 12.2 Å². The number of nitrogens with zero attached hydrogens (tertiary/aromatic N) is 2. The Hall–Kier alpha value is -0.830. The Balaban J connectivity index is 2.05. The highest BCUT2D eigenvalue weighted by atomic mass is 16.3. The number of aliphatic hydroxyl groups is 1. The third-order valence-electron chi connectivity index (χ3n) is 2.81. The monoisotopic (exact) mass is 180 g/mol. The number of rotatable bonds is 2. The summed E-state index contributed by atoms with van der Waals surface area (Å²) >= 11 is 0. The van der Waals surface area contributed by atoms with Crippen LogP contribution >= 0.6 is 0 Å². The number of aliphatic hydroxyl groups excluding tert-OH is 1. The van der Waals surface area contributed by atoms with Crippen LogP contribution in [0.4, 0.5) is 0 Å². The second kappa shape index (κ2) is 3.92. The zero-order valence-corrected chi connectivity index (χ0v) is 7.82. The van der Waals surface area contributed by atoms with Gasteiger partial charge in [-0.1, -0.05) is 19.3 Å². The van der Waals surface area contributed by atoms with E-state index >= 15 is 0 Å². The highest BCUT2D eigenvalue weighted by Gasteiger charge is 2.14. The van der Waals surface area contributed by atoms with Crippen molar-refractivity contribution in [2.45, 2.75) is 44.8 Å². The SMILES string of the molecule is OCc1cn(C2CCCCC2)cn1. The molecule has 72 valence electrons. The first-order chi connectivity index (χ1) is 6.40. The molecule has 1 N–H and O–H groups in total. The van der Waals surface area contributed by atoms with E-state index in [1.54, 1.807) is 0 Å². The molecule has 3 heteroatoms. The van der Waals surface area contributed by atoms with Crippen LogP contribution in [0.15, 0.2) is 12.5 Å². The van der Waals surface area contributed by atoms with E-state index in [1.165, 1.54) is 32.1 Å². The Morgan fingerprint density at radius 3 is 2.77 bits per heavy atom. The summed E-state index contributed by atoms with van der Waals surface area (Å²) in [5, 5.41) is 8.87. The lowest BCUT2D eigenvalue weighted by Gasteiger charge is -2.22. The first kappa shape index (κ1) is 8.75. The fourth-order valence-corrected chi connectivity index (χ4v) is 2.04. The number of hydrogen-bond acceptors (Lipinski definition) is 2. The lowest BCUT2D eigenvalue weighted by molar-refractivity contribution is 0.277. The summed E-state index contributed by atoms with van der Waals surface area (Å²) in [5.74, 6) is 0. The molecule has 13 heavy (non-hydrogen) atoms. The normalized spacial score (nSPS) is 19.2. The Morgan fingerprint density at radius 2 is 2.15 bits per heavy atom. The van der Waals surface area contributed by atoms with Gasteiger partial charge in [0.05, 0.1) is 18.6 Å². The van der Waals surface area contributed by atoms with Gasteiger partial charge in [0.2, 0.25) is 0 Å². The molecule has 1 fully saturated rings. The molecule has 1 aromatic heterocycles. The zero-order valence-electron chi connectivity index (χ0n) is 7.82. The van der Waals surface area contributed by atoms with Crippen molar-refractivity contribution < 1.29 is 5.11 Å². The minimum Gasteiger partial charge on any atom is -0.390 e. The van der Waals surface area contributed by atoms with Crippen LogP contribution in [0.2, 0.25) is 0 Å². The fraction of sp³-hybridized carbons (Fsp3) is 0.700. The smallest absolute Gasteiger partial charge is 0.0953 e. The zero-order chi connectivity index (χ0) is 9.10. The highest BCUT2D eigenvalue weighted by molar-refractivity contribution is 4.96. The van der Waals surface area contributed by atoms with Crippen molar-refractivity contribution >= 4 is 0 Å². The largest absolute Gasteiger partial charge is 0.390 e. The first-order valence-electron chi connectivity index (χ1n) is 5.03. The van der Waals surface area contributed by atoms with Crippen LogP contribution in [0.25, 0.3) is 0 Å². The first-order valence-corrected chi connectivity index (χ1v) is 5.03. The standard InChI is InChI=1S/C10H16N2O/c13-7-9-6-12(8-11-9)10-4-2-1-3-5-10/h6,8,10,13H,1-5,7H2. The molecule has 2 rings (SSSR count). The van der Waals surface area contributed by atoms with E-state index in [1.807, 2.05) is 12.5 Å². The van der Waals surface area contributed by atoms with E-state index in [9.17, 15) is 0 Å². The van der Waals surface area contributed by atoms with Gasteiger partial charge in [-0.15, -0.1) is 0 Å². The van der Waals surface area contributed by atoms with E-state index in [-0.39, 0.29) is 6.61 Å². The predicted molar refractivity (Wildman–Crippen MR) is 50.3 cm³/mol. The average Bonchev–Trinajstić information content (AvgIpc) is 2.67. The molecule has 0 amide bonds. The highest BCUT2D eigenvalue weighted by Crippen LogP contribution is 2.27. The second-order valence-electron chi connectivity index (χ2n) is 3.76. The number of imidazole rings is 1. The van der Waals surface area contributed by atoms with Gasteiger partial charge in [0.1, 0.15) is 0 Å². The third-order valence-corrected chi connectivity index (χ3v) is 2.81. The van der Waals surface area contributed by atoms with Gasteiger partial charge in [0.25, 0.3) is 0 Å². The van der Waals surface area contributed by atoms with E-state index in [2.05, 4.69) is 9.55 Å². The molecule has 0 radical (unpaired) electrons. The van der Waals surface area contributed by atoms with Crippen molar-refractivity contribution in [3.8, 4) is 0 Å². The Morgan fingerprint density at radius 1 is 1.38 bits per heavy atom. The van der Waals surface area contributed by atoms with Gasteiger partial charge in [-0.05, 0) is 12.8 Å². The molecule has 0 atom stereocenters. The van der Waals surface area contributed by atoms with E-state index < -0.39 is 0 Å². The molecular weight excluding hydrogens is 164 g/mol. The Kier molecular flexibility index (Phi) is 2.64. The summed E-state index contributed by atoms with van der Waals surface area (Å²) < 4.78 is 2.16. The molecule has 0 spiro atoms. The summed E-state index contributed by atoms with van der Waals surface area (Å²) in [7, 11) is 0. The van der Waals surface area contributed by atoms with Gasteiger partial charge < -0.3 is 9.67 Å². The maximum Gasteiger partial charge on any atom is 0.0953 e. The van der Waals surface area contributed by atoms with Gasteiger partial charge in [-0.3, -0.25) is 0 Å². The molecule has 1 aliphatic rings. The maximum absolute atomic E-state index is 8.87. The van der Waals surface area contributed by atoms with Gasteiger partial charge in [-0.2, -0.15) is 0 Å². The average molecular weight is 180 g/mol. The molecule has 3 nitrogen and oxygen atoms in total. The van der Waals surface area contributed by atoms with E-state index in [4.69, 9.17) is 5.11 Å². The maximum atomic E-state index is 8.87. The molecule has 1 aromatic rings. The van der Waals surface area contributed by atoms with Crippen molar-refractivity contribution in [1.82, 2.24) is 9.55 Å². The van der Waals surface area contributed by atoms with Crippen LogP contribution in [0.3, 0.4) is 0 Å². The summed E-state index contributed by atoms with van der Waals surface area (Å²) in [5.41, 5.74) is 0.783. The molecule has 1 heterocycles. The van der Waals surface area contributed by atoms with Crippen LogP contribution < -0.4 is 0 Å². The molecule has 0 saturated heterocycles. The Bertz CT molecular complexity index is 264. The minimum atomic E-state index is 0.0553. The fourth-order valence-electron chi connectivity index (χ4n) is 2.04. The topological polar surface area (TPSA) is 38.0 Å². The minimum absolute atomic E-state index is 0.0553. The van der Waals surface area contributed by atoms with Crippen molar-refractivity contribution in [3.05, 3.63) is 18.2 Å². The van der Waals surface area contributed by atoms with Crippen molar-refractivity contribution in [2.24, 2.45) is 0 Å². The van der Waals surface area contributed by atoms with Crippen molar-refractivity contribution in [1.29, 1.82) is 0 Å². The quantitative estimate of drug-likeness (QED) is 0.754. The van der Waals surface area contributed by atoms with Gasteiger partial charge in [-0.25, -0.2) is 4.98 Å². The van der Waals surface area contributed by atoms with Crippen molar-refractivity contribution in [2.75, 3.05) is 0 Å². The van der Waals surface area contributed by atoms with Crippen LogP contribution in [-0.4, -0.2) is 14.7 Å². The van der Waals surface area contributed by atoms with Crippen LogP contribution in [0.5, 0.6) is 0 Å². The molecule has 0 aliphatic heterocycles. The molecule has 1 aliphatic carbocycles. The number of aromatic nitrogens is 2. The van der Waals surface area contributed by atoms with E-state index in [0.717, 1.165) is 5.69 Å². The van der Waals surface area contributed by atoms with Crippen LogP contribution in [0, 0.1) is 0 Å². The number of hydrogen-bond donors (Lipinski definition) is 1.